The number of alkyl carbamates (subject to hydrolysis) is 2. The molecule has 0 fully saturated rings. The van der Waals surface area contributed by atoms with E-state index in [1.807, 2.05) is 18.2 Å². The van der Waals surface area contributed by atoms with Gasteiger partial charge in [-0.25, -0.2) is 9.59 Å². The van der Waals surface area contributed by atoms with Gasteiger partial charge in [0.2, 0.25) is 0 Å². The monoisotopic (exact) mass is 390 g/mol. The predicted molar refractivity (Wildman–Crippen MR) is 102 cm³/mol. The third-order valence-corrected chi connectivity index (χ3v) is 3.37. The maximum Gasteiger partial charge on any atom is 0.408 e. The minimum absolute atomic E-state index is 0.0574. The number of carbonyl (C=O) groups is 3. The molecule has 2 amide bonds. The first-order valence-electron chi connectivity index (χ1n) is 8.86. The van der Waals surface area contributed by atoms with Crippen LogP contribution < -0.4 is 10.6 Å². The fourth-order valence-corrected chi connectivity index (χ4v) is 2.15. The van der Waals surface area contributed by atoms with Crippen LogP contribution >= 0.6 is 0 Å². The van der Waals surface area contributed by atoms with E-state index < -0.39 is 29.6 Å². The van der Waals surface area contributed by atoms with Crippen LogP contribution in [0.5, 0.6) is 0 Å². The molecule has 0 unspecified atom stereocenters. The fraction of sp³-hybridized carbons (Fsp3) is 0.474. The fourth-order valence-electron chi connectivity index (χ4n) is 2.15. The Kier molecular flexibility index (Phi) is 9.39. The number of ketones is 1. The molecule has 0 radical (unpaired) electrons. The molecular formula is C19H26N4O5. The van der Waals surface area contributed by atoms with Crippen molar-refractivity contribution in [2.75, 3.05) is 6.54 Å². The number of nitrogens with zero attached hydrogens (tertiary/aromatic N) is 2. The topological polar surface area (TPSA) is 130 Å². The average Bonchev–Trinajstić information content (AvgIpc) is 2.62. The molecule has 0 heterocycles. The zero-order valence-corrected chi connectivity index (χ0v) is 16.3. The molecule has 9 heteroatoms. The van der Waals surface area contributed by atoms with Crippen molar-refractivity contribution in [1.29, 1.82) is 0 Å². The molecule has 2 N–H and O–H groups in total. The third kappa shape index (κ3) is 10.1. The average molecular weight is 390 g/mol. The molecule has 0 spiro atoms. The van der Waals surface area contributed by atoms with Gasteiger partial charge in [0.1, 0.15) is 18.2 Å². The molecule has 9 nitrogen and oxygen atoms in total. The third-order valence-electron chi connectivity index (χ3n) is 3.37. The standard InChI is InChI=1S/C19H26N4O5/c1-19(2,3)28-17(25)21-11-7-10-15(16(24)12-22-20)23-18(26)27-13-14-8-5-4-6-9-14/h4-6,8-9,12,15H,7,10-11,13H2,1-3H3,(H,21,25)(H,23,26)/t15-/m0/s1. The second-order valence-corrected chi connectivity index (χ2v) is 6.98. The van der Waals surface area contributed by atoms with Gasteiger partial charge >= 0.3 is 18.4 Å². The molecule has 0 bridgehead atoms. The first-order valence-corrected chi connectivity index (χ1v) is 8.86. The zero-order chi connectivity index (χ0) is 21.0. The minimum Gasteiger partial charge on any atom is -0.445 e. The summed E-state index contributed by atoms with van der Waals surface area (Å²) >= 11 is 0. The molecule has 1 atom stereocenters. The van der Waals surface area contributed by atoms with E-state index in [0.717, 1.165) is 5.56 Å². The second kappa shape index (κ2) is 11.5. The molecular weight excluding hydrogens is 364 g/mol. The number of nitrogens with one attached hydrogen (secondary N) is 2. The molecule has 1 rings (SSSR count). The maximum absolute atomic E-state index is 12.0. The Bertz CT molecular complexity index is 709. The van der Waals surface area contributed by atoms with Crippen molar-refractivity contribution in [2.24, 2.45) is 0 Å². The predicted octanol–water partition coefficient (Wildman–Crippen LogP) is 2.46. The molecule has 28 heavy (non-hydrogen) atoms. The Balaban J connectivity index is 2.47. The summed E-state index contributed by atoms with van der Waals surface area (Å²) in [4.78, 5) is 38.2. The van der Waals surface area contributed by atoms with Gasteiger partial charge in [-0.2, -0.15) is 4.79 Å². The lowest BCUT2D eigenvalue weighted by molar-refractivity contribution is -0.118. The molecule has 0 aliphatic carbocycles. The van der Waals surface area contributed by atoms with Crippen molar-refractivity contribution >= 4 is 24.2 Å². The van der Waals surface area contributed by atoms with Gasteiger partial charge in [-0.05, 0) is 39.2 Å². The van der Waals surface area contributed by atoms with Crippen molar-refractivity contribution < 1.29 is 28.6 Å². The van der Waals surface area contributed by atoms with E-state index in [1.165, 1.54) is 0 Å². The van der Waals surface area contributed by atoms with Crippen molar-refractivity contribution in [3.8, 4) is 0 Å². The quantitative estimate of drug-likeness (QED) is 0.289. The summed E-state index contributed by atoms with van der Waals surface area (Å²) in [6.45, 7) is 5.55. The molecule has 152 valence electrons. The summed E-state index contributed by atoms with van der Waals surface area (Å²) in [7, 11) is 0. The van der Waals surface area contributed by atoms with Crippen LogP contribution in [0.2, 0.25) is 0 Å². The van der Waals surface area contributed by atoms with E-state index in [1.54, 1.807) is 32.9 Å². The SMILES string of the molecule is CC(C)(C)OC(=O)NCCC[C@H](NC(=O)OCc1ccccc1)C(=O)C=[N+]=[N-]. The van der Waals surface area contributed by atoms with E-state index in [4.69, 9.17) is 15.0 Å². The minimum atomic E-state index is -0.945. The van der Waals surface area contributed by atoms with Gasteiger partial charge in [-0.3, -0.25) is 4.79 Å². The molecule has 0 saturated carbocycles. The largest absolute Gasteiger partial charge is 0.445 e. The van der Waals surface area contributed by atoms with Crippen LogP contribution in [0.4, 0.5) is 9.59 Å². The van der Waals surface area contributed by atoms with E-state index in [-0.39, 0.29) is 19.6 Å². The lowest BCUT2D eigenvalue weighted by atomic mass is 10.1. The number of Topliss-reactive ketones (excluding diaryl/α,β-unsaturated/α-hetero) is 1. The van der Waals surface area contributed by atoms with Gasteiger partial charge in [-0.1, -0.05) is 30.3 Å². The molecule has 0 saturated heterocycles. The molecule has 1 aromatic rings. The summed E-state index contributed by atoms with van der Waals surface area (Å²) < 4.78 is 10.2. The van der Waals surface area contributed by atoms with Gasteiger partial charge in [0.25, 0.3) is 5.78 Å². The van der Waals surface area contributed by atoms with Crippen molar-refractivity contribution in [2.45, 2.75) is 51.9 Å². The van der Waals surface area contributed by atoms with Crippen molar-refractivity contribution in [3.63, 3.8) is 0 Å². The smallest absolute Gasteiger partial charge is 0.408 e. The van der Waals surface area contributed by atoms with E-state index in [9.17, 15) is 14.4 Å². The van der Waals surface area contributed by atoms with E-state index in [2.05, 4.69) is 15.4 Å². The van der Waals surface area contributed by atoms with Crippen molar-refractivity contribution in [3.05, 3.63) is 41.4 Å². The number of benzene rings is 1. The van der Waals surface area contributed by atoms with E-state index >= 15 is 0 Å². The Morgan fingerprint density at radius 3 is 2.46 bits per heavy atom. The lowest BCUT2D eigenvalue weighted by Gasteiger charge is -2.20. The van der Waals surface area contributed by atoms with E-state index in [0.29, 0.717) is 12.6 Å². The number of ether oxygens (including phenoxy) is 2. The van der Waals surface area contributed by atoms with Crippen LogP contribution in [0, 0.1) is 0 Å². The molecule has 0 aliphatic rings. The number of rotatable bonds is 9. The summed E-state index contributed by atoms with van der Waals surface area (Å²) in [5.74, 6) is -0.587. The summed E-state index contributed by atoms with van der Waals surface area (Å²) in [5, 5.41) is 5.01. The number of amides is 2. The van der Waals surface area contributed by atoms with Gasteiger partial charge in [0.05, 0.1) is 0 Å². The van der Waals surface area contributed by atoms with Crippen LogP contribution in [-0.2, 0) is 20.9 Å². The van der Waals surface area contributed by atoms with Crippen LogP contribution in [0.25, 0.3) is 5.53 Å². The number of hydrogen-bond acceptors (Lipinski definition) is 5. The normalized spacial score (nSPS) is 11.5. The molecule has 0 aromatic heterocycles. The maximum atomic E-state index is 12.0. The highest BCUT2D eigenvalue weighted by Gasteiger charge is 2.23. The number of carbonyl (C=O) groups excluding carboxylic acids is 3. The lowest BCUT2D eigenvalue weighted by Crippen LogP contribution is -2.42. The summed E-state index contributed by atoms with van der Waals surface area (Å²) in [6.07, 6.45) is -0.0329. The van der Waals surface area contributed by atoms with Gasteiger partial charge < -0.3 is 25.6 Å². The Labute approximate surface area is 164 Å². The van der Waals surface area contributed by atoms with Gasteiger partial charge in [0.15, 0.2) is 0 Å². The Morgan fingerprint density at radius 1 is 1.18 bits per heavy atom. The second-order valence-electron chi connectivity index (χ2n) is 6.98. The highest BCUT2D eigenvalue weighted by Crippen LogP contribution is 2.07. The molecule has 0 aliphatic heterocycles. The van der Waals surface area contributed by atoms with Crippen LogP contribution in [0.15, 0.2) is 30.3 Å². The van der Waals surface area contributed by atoms with Crippen molar-refractivity contribution in [1.82, 2.24) is 10.6 Å². The van der Waals surface area contributed by atoms with Gasteiger partial charge in [0, 0.05) is 6.54 Å². The first kappa shape index (κ1) is 22.9. The zero-order valence-electron chi connectivity index (χ0n) is 16.3. The van der Waals surface area contributed by atoms with Crippen LogP contribution in [0.3, 0.4) is 0 Å². The Hall–Kier alpha value is -3.19. The highest BCUT2D eigenvalue weighted by atomic mass is 16.6. The first-order chi connectivity index (χ1) is 13.2. The van der Waals surface area contributed by atoms with Crippen LogP contribution in [0.1, 0.15) is 39.2 Å². The highest BCUT2D eigenvalue weighted by molar-refractivity contribution is 6.28. The summed E-state index contributed by atoms with van der Waals surface area (Å²) in [6, 6.07) is 8.14. The van der Waals surface area contributed by atoms with Crippen LogP contribution in [-0.4, -0.2) is 47.2 Å². The summed E-state index contributed by atoms with van der Waals surface area (Å²) in [5.41, 5.74) is 8.75. The number of hydrogen-bond donors (Lipinski definition) is 2. The molecule has 1 aromatic carbocycles. The Morgan fingerprint density at radius 2 is 1.86 bits per heavy atom. The van der Waals surface area contributed by atoms with Gasteiger partial charge in [-0.15, -0.1) is 0 Å².